The van der Waals surface area contributed by atoms with Crippen LogP contribution in [0.25, 0.3) is 0 Å². The topological polar surface area (TPSA) is 20.2 Å². The van der Waals surface area contributed by atoms with Gasteiger partial charge in [0.15, 0.2) is 0 Å². The molecule has 0 unspecified atom stereocenters. The van der Waals surface area contributed by atoms with Crippen LogP contribution in [0.15, 0.2) is 0 Å². The molecule has 0 fully saturated rings. The minimum absolute atomic E-state index is 0.651. The lowest BCUT2D eigenvalue weighted by molar-refractivity contribution is 0.282. The quantitative estimate of drug-likeness (QED) is 0.402. The van der Waals surface area contributed by atoms with Crippen LogP contribution >= 0.6 is 0 Å². The van der Waals surface area contributed by atoms with Crippen LogP contribution in [0.2, 0.25) is 0 Å². The molecule has 1 atom stereocenters. The Morgan fingerprint density at radius 2 is 0.882 bits per heavy atom. The Bertz CT molecular complexity index is 148. The molecule has 0 aromatic heterocycles. The van der Waals surface area contributed by atoms with Gasteiger partial charge in [-0.05, 0) is 6.42 Å². The van der Waals surface area contributed by atoms with Crippen molar-refractivity contribution < 1.29 is 6.48 Å². The minimum atomic E-state index is -0.849. The highest BCUT2D eigenvalue weighted by molar-refractivity contribution is 4.48. The van der Waals surface area contributed by atoms with Crippen molar-refractivity contribution >= 4 is 0 Å². The molecule has 0 amide bonds. The van der Waals surface area contributed by atoms with Crippen molar-refractivity contribution in [1.29, 1.82) is 0 Å². The fourth-order valence-corrected chi connectivity index (χ4v) is 2.25. The van der Waals surface area contributed by atoms with Crippen LogP contribution in [0.3, 0.4) is 0 Å². The summed E-state index contributed by atoms with van der Waals surface area (Å²) in [6, 6.07) is 0. The lowest BCUT2D eigenvalue weighted by Gasteiger charge is -2.02. The first-order valence-electron chi connectivity index (χ1n) is 8.45. The zero-order valence-corrected chi connectivity index (χ0v) is 11.9. The van der Waals surface area contributed by atoms with E-state index in [4.69, 9.17) is 6.48 Å². The van der Waals surface area contributed by atoms with E-state index in [9.17, 15) is 0 Å². The fourth-order valence-electron chi connectivity index (χ4n) is 2.25. The maximum atomic E-state index is 8.80. The zero-order chi connectivity index (χ0) is 13.5. The van der Waals surface area contributed by atoms with Crippen LogP contribution in [-0.2, 0) is 0 Å². The average Bonchev–Trinajstić information content (AvgIpc) is 2.34. The molecular formula is C16H34O. The van der Waals surface area contributed by atoms with E-state index in [1.54, 1.807) is 0 Å². The molecule has 0 aromatic carbocycles. The molecule has 0 saturated heterocycles. The predicted octanol–water partition coefficient (Wildman–Crippen LogP) is 5.46. The Labute approximate surface area is 110 Å². The van der Waals surface area contributed by atoms with Gasteiger partial charge < -0.3 is 5.11 Å². The average molecular weight is 243 g/mol. The summed E-state index contributed by atoms with van der Waals surface area (Å²) >= 11 is 0. The first-order chi connectivity index (χ1) is 8.77. The molecule has 1 heteroatoms. The molecule has 0 aromatic rings. The molecule has 0 aliphatic heterocycles. The van der Waals surface area contributed by atoms with Gasteiger partial charge >= 0.3 is 0 Å². The third kappa shape index (κ3) is 16.0. The molecule has 0 heterocycles. The monoisotopic (exact) mass is 243 g/mol. The minimum Gasteiger partial charge on any atom is -0.396 e. The van der Waals surface area contributed by atoms with Crippen molar-refractivity contribution in [2.45, 2.75) is 96.8 Å². The van der Waals surface area contributed by atoms with Crippen LogP contribution in [-0.4, -0.2) is 11.7 Å². The summed E-state index contributed by atoms with van der Waals surface area (Å²) in [5.41, 5.74) is 0. The molecule has 0 spiro atoms. The van der Waals surface area contributed by atoms with Crippen molar-refractivity contribution in [1.82, 2.24) is 0 Å². The summed E-state index contributed by atoms with van der Waals surface area (Å²) in [6.45, 7) is 1.42. The van der Waals surface area contributed by atoms with Crippen molar-refractivity contribution in [3.63, 3.8) is 0 Å². The largest absolute Gasteiger partial charge is 0.396 e. The van der Waals surface area contributed by atoms with Gasteiger partial charge in [0.25, 0.3) is 0 Å². The van der Waals surface area contributed by atoms with Gasteiger partial charge in [0.2, 0.25) is 0 Å². The first kappa shape index (κ1) is 15.0. The second kappa shape index (κ2) is 16.0. The predicted molar refractivity (Wildman–Crippen MR) is 77.4 cm³/mol. The summed E-state index contributed by atoms with van der Waals surface area (Å²) < 4.78 is 6.99. The van der Waals surface area contributed by atoms with Gasteiger partial charge in [0.05, 0.1) is 1.37 Å². The van der Waals surface area contributed by atoms with Gasteiger partial charge in [-0.15, -0.1) is 0 Å². The normalized spacial score (nSPS) is 13.6. The Hall–Kier alpha value is -0.0400. The molecule has 0 radical (unpaired) electrons. The van der Waals surface area contributed by atoms with Crippen LogP contribution in [0.5, 0.6) is 0 Å². The third-order valence-corrected chi connectivity index (χ3v) is 3.44. The van der Waals surface area contributed by atoms with E-state index in [1.165, 1.54) is 77.0 Å². The van der Waals surface area contributed by atoms with Crippen molar-refractivity contribution in [2.75, 3.05) is 6.58 Å². The van der Waals surface area contributed by atoms with E-state index in [2.05, 4.69) is 6.92 Å². The third-order valence-electron chi connectivity index (χ3n) is 3.44. The lowest BCUT2D eigenvalue weighted by atomic mass is 10.0. The van der Waals surface area contributed by atoms with E-state index in [0.29, 0.717) is 6.42 Å². The summed E-state index contributed by atoms with van der Waals surface area (Å²) in [4.78, 5) is 0. The molecule has 0 aliphatic carbocycles. The SMILES string of the molecule is [2H][C@H](O)CCCCCCCCCCCCCCC. The maximum Gasteiger partial charge on any atom is 0.0564 e. The molecule has 17 heavy (non-hydrogen) atoms. The Kier molecular flexibility index (Phi) is 14.1. The van der Waals surface area contributed by atoms with Crippen molar-refractivity contribution in [3.8, 4) is 0 Å². The number of rotatable bonds is 14. The first-order valence-corrected chi connectivity index (χ1v) is 7.87. The zero-order valence-electron chi connectivity index (χ0n) is 12.9. The standard InChI is InChI=1S/C16H34O/c1-2-3-4-5-6-7-8-9-10-11-12-13-14-15-16-17/h17H,2-16H2,1H3/i16D/t16-/m0/s1. The number of aliphatic hydroxyl groups excluding tert-OH is 1. The molecule has 1 N–H and O–H groups in total. The number of aliphatic hydroxyl groups is 1. The van der Waals surface area contributed by atoms with E-state index < -0.39 is 6.58 Å². The number of hydrogen-bond acceptors (Lipinski definition) is 1. The molecule has 0 aliphatic rings. The maximum absolute atomic E-state index is 8.80. The van der Waals surface area contributed by atoms with E-state index in [-0.39, 0.29) is 0 Å². The fraction of sp³-hybridized carbons (Fsp3) is 1.00. The van der Waals surface area contributed by atoms with E-state index in [1.807, 2.05) is 0 Å². The highest BCUT2D eigenvalue weighted by atomic mass is 16.2. The van der Waals surface area contributed by atoms with Gasteiger partial charge in [-0.2, -0.15) is 0 Å². The van der Waals surface area contributed by atoms with E-state index in [0.717, 1.165) is 6.42 Å². The summed E-state index contributed by atoms with van der Waals surface area (Å²) in [5.74, 6) is 0. The summed E-state index contributed by atoms with van der Waals surface area (Å²) in [5, 5.41) is 8.80. The highest BCUT2D eigenvalue weighted by Crippen LogP contribution is 2.12. The van der Waals surface area contributed by atoms with Crippen LogP contribution in [0, 0.1) is 0 Å². The molecular weight excluding hydrogens is 208 g/mol. The van der Waals surface area contributed by atoms with Gasteiger partial charge in [-0.3, -0.25) is 0 Å². The second-order valence-corrected chi connectivity index (χ2v) is 5.21. The van der Waals surface area contributed by atoms with Crippen molar-refractivity contribution in [3.05, 3.63) is 0 Å². The lowest BCUT2D eigenvalue weighted by Crippen LogP contribution is -1.84. The molecule has 0 rings (SSSR count). The van der Waals surface area contributed by atoms with Gasteiger partial charge in [0.1, 0.15) is 0 Å². The molecule has 1 nitrogen and oxygen atoms in total. The van der Waals surface area contributed by atoms with Gasteiger partial charge in [0, 0.05) is 6.58 Å². The number of unbranched alkanes of at least 4 members (excludes halogenated alkanes) is 12. The smallest absolute Gasteiger partial charge is 0.0564 e. The second-order valence-electron chi connectivity index (χ2n) is 5.21. The van der Waals surface area contributed by atoms with Crippen molar-refractivity contribution in [2.24, 2.45) is 0 Å². The summed E-state index contributed by atoms with van der Waals surface area (Å²) in [7, 11) is 0. The van der Waals surface area contributed by atoms with E-state index >= 15 is 0 Å². The Balaban J connectivity index is 2.90. The number of hydrogen-bond donors (Lipinski definition) is 1. The van der Waals surface area contributed by atoms with Crippen LogP contribution < -0.4 is 0 Å². The molecule has 0 saturated carbocycles. The Morgan fingerprint density at radius 1 is 0.588 bits per heavy atom. The van der Waals surface area contributed by atoms with Gasteiger partial charge in [-0.25, -0.2) is 0 Å². The van der Waals surface area contributed by atoms with Crippen LogP contribution in [0.1, 0.15) is 98.2 Å². The highest BCUT2D eigenvalue weighted by Gasteiger charge is 1.93. The van der Waals surface area contributed by atoms with Gasteiger partial charge in [-0.1, -0.05) is 90.4 Å². The molecule has 0 bridgehead atoms. The van der Waals surface area contributed by atoms with Crippen LogP contribution in [0.4, 0.5) is 0 Å². The Morgan fingerprint density at radius 3 is 1.18 bits per heavy atom. The summed E-state index contributed by atoms with van der Waals surface area (Å²) in [6.07, 6.45) is 18.1. The molecule has 104 valence electrons.